The second-order valence-electron chi connectivity index (χ2n) is 5.06. The van der Waals surface area contributed by atoms with Crippen molar-refractivity contribution < 1.29 is 5.21 Å². The van der Waals surface area contributed by atoms with Crippen LogP contribution in [0.4, 0.5) is 0 Å². The molecule has 0 aromatic heterocycles. The van der Waals surface area contributed by atoms with Gasteiger partial charge in [-0.15, -0.1) is 11.8 Å². The highest BCUT2D eigenvalue weighted by Crippen LogP contribution is 2.38. The lowest BCUT2D eigenvalue weighted by Gasteiger charge is -2.17. The monoisotopic (exact) mass is 300 g/mol. The Morgan fingerprint density at radius 1 is 1.14 bits per heavy atom. The van der Waals surface area contributed by atoms with E-state index >= 15 is 0 Å². The van der Waals surface area contributed by atoms with Gasteiger partial charge in [0.2, 0.25) is 0 Å². The van der Waals surface area contributed by atoms with Gasteiger partial charge in [0.15, 0.2) is 0 Å². The smallest absolute Gasteiger partial charge is 0.140 e. The molecule has 110 valence electrons. The third kappa shape index (κ3) is 4.26. The molecule has 0 bridgehead atoms. The van der Waals surface area contributed by atoms with Gasteiger partial charge >= 0.3 is 0 Å². The van der Waals surface area contributed by atoms with Crippen LogP contribution in [-0.2, 0) is 0 Å². The van der Waals surface area contributed by atoms with E-state index in [1.165, 1.54) is 21.6 Å². The Morgan fingerprint density at radius 3 is 2.48 bits per heavy atom. The highest BCUT2D eigenvalue weighted by Gasteiger charge is 2.15. The van der Waals surface area contributed by atoms with Crippen molar-refractivity contribution in [2.24, 2.45) is 10.9 Å². The molecule has 2 aromatic rings. The first-order valence-electron chi connectivity index (χ1n) is 6.85. The van der Waals surface area contributed by atoms with Gasteiger partial charge in [0, 0.05) is 16.6 Å². The minimum atomic E-state index is 0.129. The quantitative estimate of drug-likeness (QED) is 0.285. The Labute approximate surface area is 129 Å². The van der Waals surface area contributed by atoms with Crippen molar-refractivity contribution in [1.82, 2.24) is 0 Å². The van der Waals surface area contributed by atoms with E-state index in [1.807, 2.05) is 18.2 Å². The molecule has 0 aliphatic rings. The van der Waals surface area contributed by atoms with E-state index in [-0.39, 0.29) is 11.1 Å². The summed E-state index contributed by atoms with van der Waals surface area (Å²) in [6.07, 6.45) is 0.512. The molecule has 0 heterocycles. The van der Waals surface area contributed by atoms with Gasteiger partial charge in [-0.2, -0.15) is 0 Å². The molecule has 0 aliphatic carbocycles. The summed E-state index contributed by atoms with van der Waals surface area (Å²) in [7, 11) is 0. The van der Waals surface area contributed by atoms with Crippen molar-refractivity contribution in [3.63, 3.8) is 0 Å². The number of hydrogen-bond acceptors (Lipinski definition) is 3. The first kappa shape index (κ1) is 15.4. The SMILES string of the molecule is Cc1ccc(SC(CC(N)=NO)c2ccccc2)cc1C. The number of amidine groups is 1. The second-order valence-corrected chi connectivity index (χ2v) is 6.33. The Kier molecular flexibility index (Phi) is 5.28. The standard InChI is InChI=1S/C17H20N2OS/c1-12-8-9-15(10-13(12)2)21-16(11-17(18)19-20)14-6-4-3-5-7-14/h3-10,16,20H,11H2,1-2H3,(H2,18,19). The van der Waals surface area contributed by atoms with Crippen molar-refractivity contribution in [2.75, 3.05) is 0 Å². The summed E-state index contributed by atoms with van der Waals surface area (Å²) in [5, 5.41) is 12.1. The third-order valence-electron chi connectivity index (χ3n) is 3.45. The molecule has 1 atom stereocenters. The van der Waals surface area contributed by atoms with Gasteiger partial charge in [-0.1, -0.05) is 41.6 Å². The van der Waals surface area contributed by atoms with E-state index in [1.54, 1.807) is 11.8 Å². The molecular weight excluding hydrogens is 280 g/mol. The van der Waals surface area contributed by atoms with Crippen molar-refractivity contribution in [3.05, 3.63) is 65.2 Å². The number of oxime groups is 1. The zero-order chi connectivity index (χ0) is 15.2. The third-order valence-corrected chi connectivity index (χ3v) is 4.70. The highest BCUT2D eigenvalue weighted by molar-refractivity contribution is 7.99. The summed E-state index contributed by atoms with van der Waals surface area (Å²) < 4.78 is 0. The second kappa shape index (κ2) is 7.18. The van der Waals surface area contributed by atoms with Crippen LogP contribution in [0.3, 0.4) is 0 Å². The fourth-order valence-corrected chi connectivity index (χ4v) is 3.34. The summed E-state index contributed by atoms with van der Waals surface area (Å²) in [5.74, 6) is 0.250. The van der Waals surface area contributed by atoms with Crippen molar-refractivity contribution >= 4 is 17.6 Å². The van der Waals surface area contributed by atoms with Crippen LogP contribution in [0.5, 0.6) is 0 Å². The van der Waals surface area contributed by atoms with Crippen LogP contribution >= 0.6 is 11.8 Å². The number of benzene rings is 2. The van der Waals surface area contributed by atoms with Gasteiger partial charge in [-0.05, 0) is 42.7 Å². The molecule has 3 nitrogen and oxygen atoms in total. The Balaban J connectivity index is 2.25. The molecular formula is C17H20N2OS. The average Bonchev–Trinajstić information content (AvgIpc) is 2.51. The maximum Gasteiger partial charge on any atom is 0.140 e. The van der Waals surface area contributed by atoms with E-state index in [0.717, 1.165) is 0 Å². The lowest BCUT2D eigenvalue weighted by molar-refractivity contribution is 0.317. The summed E-state index contributed by atoms with van der Waals surface area (Å²) in [5.41, 5.74) is 9.44. The summed E-state index contributed by atoms with van der Waals surface area (Å²) in [6, 6.07) is 16.6. The molecule has 2 aromatic carbocycles. The topological polar surface area (TPSA) is 58.6 Å². The average molecular weight is 300 g/mol. The molecule has 0 aliphatic heterocycles. The van der Waals surface area contributed by atoms with Gasteiger partial charge < -0.3 is 10.9 Å². The summed E-state index contributed by atoms with van der Waals surface area (Å²) >= 11 is 1.74. The van der Waals surface area contributed by atoms with Crippen LogP contribution in [0.2, 0.25) is 0 Å². The van der Waals surface area contributed by atoms with Crippen LogP contribution in [0.15, 0.2) is 58.6 Å². The molecule has 1 unspecified atom stereocenters. The van der Waals surface area contributed by atoms with Crippen LogP contribution < -0.4 is 5.73 Å². The van der Waals surface area contributed by atoms with Crippen LogP contribution in [-0.4, -0.2) is 11.0 Å². The van der Waals surface area contributed by atoms with Crippen molar-refractivity contribution in [3.8, 4) is 0 Å². The molecule has 0 fully saturated rings. The lowest BCUT2D eigenvalue weighted by atomic mass is 10.1. The summed E-state index contributed by atoms with van der Waals surface area (Å²) in [6.45, 7) is 4.22. The first-order chi connectivity index (χ1) is 10.1. The minimum absolute atomic E-state index is 0.129. The van der Waals surface area contributed by atoms with Gasteiger partial charge in [0.05, 0.1) is 0 Å². The Hall–Kier alpha value is -1.94. The number of rotatable bonds is 5. The Bertz CT molecular complexity index is 626. The van der Waals surface area contributed by atoms with Gasteiger partial charge in [-0.25, -0.2) is 0 Å². The molecule has 21 heavy (non-hydrogen) atoms. The number of aryl methyl sites for hydroxylation is 2. The number of nitrogens with two attached hydrogens (primary N) is 1. The van der Waals surface area contributed by atoms with Gasteiger partial charge in [0.25, 0.3) is 0 Å². The minimum Gasteiger partial charge on any atom is -0.409 e. The predicted octanol–water partition coefficient (Wildman–Crippen LogP) is 4.27. The van der Waals surface area contributed by atoms with Crippen LogP contribution in [0, 0.1) is 13.8 Å². The van der Waals surface area contributed by atoms with E-state index in [9.17, 15) is 0 Å². The largest absolute Gasteiger partial charge is 0.409 e. The zero-order valence-electron chi connectivity index (χ0n) is 12.3. The fourth-order valence-electron chi connectivity index (χ4n) is 2.08. The fraction of sp³-hybridized carbons (Fsp3) is 0.235. The van der Waals surface area contributed by atoms with E-state index in [2.05, 4.69) is 49.3 Å². The summed E-state index contributed by atoms with van der Waals surface area (Å²) in [4.78, 5) is 1.19. The normalized spacial score (nSPS) is 13.1. The maximum atomic E-state index is 8.83. The van der Waals surface area contributed by atoms with E-state index in [0.29, 0.717) is 6.42 Å². The molecule has 4 heteroatoms. The van der Waals surface area contributed by atoms with Crippen molar-refractivity contribution in [1.29, 1.82) is 0 Å². The highest BCUT2D eigenvalue weighted by atomic mass is 32.2. The van der Waals surface area contributed by atoms with E-state index in [4.69, 9.17) is 10.9 Å². The molecule has 0 spiro atoms. The molecule has 3 N–H and O–H groups in total. The molecule has 0 radical (unpaired) electrons. The number of thioether (sulfide) groups is 1. The Morgan fingerprint density at radius 2 is 1.86 bits per heavy atom. The zero-order valence-corrected chi connectivity index (χ0v) is 13.1. The maximum absolute atomic E-state index is 8.83. The molecule has 0 saturated heterocycles. The first-order valence-corrected chi connectivity index (χ1v) is 7.73. The van der Waals surface area contributed by atoms with Gasteiger partial charge in [-0.3, -0.25) is 0 Å². The van der Waals surface area contributed by atoms with Crippen LogP contribution in [0.25, 0.3) is 0 Å². The predicted molar refractivity (Wildman–Crippen MR) is 89.0 cm³/mol. The molecule has 0 amide bonds. The number of hydrogen-bond donors (Lipinski definition) is 2. The number of nitrogens with zero attached hydrogens (tertiary/aromatic N) is 1. The molecule has 2 rings (SSSR count). The van der Waals surface area contributed by atoms with Crippen LogP contribution in [0.1, 0.15) is 28.4 Å². The van der Waals surface area contributed by atoms with Crippen molar-refractivity contribution in [2.45, 2.75) is 30.4 Å². The lowest BCUT2D eigenvalue weighted by Crippen LogP contribution is -2.14. The van der Waals surface area contributed by atoms with Gasteiger partial charge in [0.1, 0.15) is 5.84 Å². The van der Waals surface area contributed by atoms with E-state index < -0.39 is 0 Å². The molecule has 0 saturated carbocycles.